The Kier molecular flexibility index (Phi) is 7.49. The lowest BCUT2D eigenvalue weighted by molar-refractivity contribution is -0.116. The van der Waals surface area contributed by atoms with Crippen LogP contribution in [0.4, 0.5) is 5.69 Å². The Hall–Kier alpha value is -3.99. The molecule has 184 valence electrons. The lowest BCUT2D eigenvalue weighted by atomic mass is 9.99. The van der Waals surface area contributed by atoms with Gasteiger partial charge in [-0.3, -0.25) is 14.4 Å². The first kappa shape index (κ1) is 25.1. The number of aryl methyl sites for hydroxylation is 2. The summed E-state index contributed by atoms with van der Waals surface area (Å²) >= 11 is 0. The summed E-state index contributed by atoms with van der Waals surface area (Å²) in [5.41, 5.74) is 4.85. The molecule has 1 amide bonds. The van der Waals surface area contributed by atoms with E-state index in [2.05, 4.69) is 19.2 Å². The van der Waals surface area contributed by atoms with E-state index in [4.69, 9.17) is 0 Å². The van der Waals surface area contributed by atoms with Gasteiger partial charge in [0, 0.05) is 22.8 Å². The van der Waals surface area contributed by atoms with Crippen molar-refractivity contribution in [2.24, 2.45) is 0 Å². The Morgan fingerprint density at radius 1 is 0.861 bits per heavy atom. The number of aromatic nitrogens is 1. The SMILES string of the molecule is CCc1ccc(C(=O)c2cn(CC(=O)Nc3ccc(C(C)C)cc3)c3ccc(CC)cc3c2=O)cc1. The quantitative estimate of drug-likeness (QED) is 0.309. The zero-order valence-corrected chi connectivity index (χ0v) is 21.3. The molecular formula is C31H32N2O3. The minimum atomic E-state index is -0.343. The topological polar surface area (TPSA) is 68.2 Å². The summed E-state index contributed by atoms with van der Waals surface area (Å²) in [6, 6.07) is 20.7. The number of fused-ring (bicyclic) bond motifs is 1. The van der Waals surface area contributed by atoms with Crippen LogP contribution in [0.25, 0.3) is 10.9 Å². The van der Waals surface area contributed by atoms with Crippen molar-refractivity contribution in [2.75, 3.05) is 5.32 Å². The third-order valence-electron chi connectivity index (χ3n) is 6.60. The maximum Gasteiger partial charge on any atom is 0.244 e. The van der Waals surface area contributed by atoms with E-state index in [1.54, 1.807) is 16.7 Å². The molecule has 0 fully saturated rings. The Balaban J connectivity index is 1.71. The highest BCUT2D eigenvalue weighted by atomic mass is 16.2. The molecule has 0 unspecified atom stereocenters. The Bertz CT molecular complexity index is 1460. The van der Waals surface area contributed by atoms with Crippen molar-refractivity contribution < 1.29 is 9.59 Å². The summed E-state index contributed by atoms with van der Waals surface area (Å²) in [6.07, 6.45) is 3.15. The normalized spacial score (nSPS) is 11.1. The molecule has 4 aromatic rings. The molecule has 5 nitrogen and oxygen atoms in total. The highest BCUT2D eigenvalue weighted by Gasteiger charge is 2.19. The fraction of sp³-hybridized carbons (Fsp3) is 0.258. The van der Waals surface area contributed by atoms with Crippen LogP contribution in [0.15, 0.2) is 77.7 Å². The van der Waals surface area contributed by atoms with E-state index >= 15 is 0 Å². The van der Waals surface area contributed by atoms with Gasteiger partial charge < -0.3 is 9.88 Å². The van der Waals surface area contributed by atoms with Crippen LogP contribution in [-0.2, 0) is 24.2 Å². The van der Waals surface area contributed by atoms with Crippen molar-refractivity contribution in [3.05, 3.63) is 111 Å². The number of benzene rings is 3. The molecule has 0 aliphatic carbocycles. The standard InChI is InChI=1S/C31H32N2O3/c1-5-21-7-10-24(11-8-21)30(35)27-18-33(28-16-9-22(6-2)17-26(28)31(27)36)19-29(34)32-25-14-12-23(13-15-25)20(3)4/h7-18,20H,5-6,19H2,1-4H3,(H,32,34). The van der Waals surface area contributed by atoms with Gasteiger partial charge in [-0.25, -0.2) is 0 Å². The molecule has 36 heavy (non-hydrogen) atoms. The molecule has 1 heterocycles. The van der Waals surface area contributed by atoms with Crippen LogP contribution < -0.4 is 10.7 Å². The number of rotatable bonds is 8. The average molecular weight is 481 g/mol. The highest BCUT2D eigenvalue weighted by molar-refractivity contribution is 6.10. The van der Waals surface area contributed by atoms with E-state index in [-0.39, 0.29) is 29.2 Å². The van der Waals surface area contributed by atoms with E-state index < -0.39 is 0 Å². The number of ketones is 1. The minimum Gasteiger partial charge on any atom is -0.337 e. The van der Waals surface area contributed by atoms with E-state index in [9.17, 15) is 14.4 Å². The van der Waals surface area contributed by atoms with E-state index in [1.807, 2.05) is 68.4 Å². The molecule has 4 rings (SSSR count). The molecule has 3 aromatic carbocycles. The summed E-state index contributed by atoms with van der Waals surface area (Å²) in [5.74, 6) is -0.170. The number of hydrogen-bond acceptors (Lipinski definition) is 3. The lowest BCUT2D eigenvalue weighted by Gasteiger charge is -2.15. The molecule has 0 saturated carbocycles. The van der Waals surface area contributed by atoms with Crippen molar-refractivity contribution in [2.45, 2.75) is 53.0 Å². The molecule has 1 N–H and O–H groups in total. The molecule has 5 heteroatoms. The van der Waals surface area contributed by atoms with Crippen LogP contribution in [0.2, 0.25) is 0 Å². The molecule has 0 atom stereocenters. The number of carbonyl (C=O) groups excluding carboxylic acids is 2. The molecule has 1 aromatic heterocycles. The van der Waals surface area contributed by atoms with E-state index in [0.717, 1.165) is 24.0 Å². The molecular weight excluding hydrogens is 448 g/mol. The van der Waals surface area contributed by atoms with E-state index in [0.29, 0.717) is 28.1 Å². The average Bonchev–Trinajstić information content (AvgIpc) is 2.90. The van der Waals surface area contributed by atoms with Crippen LogP contribution >= 0.6 is 0 Å². The van der Waals surface area contributed by atoms with Gasteiger partial charge in [-0.1, -0.05) is 70.2 Å². The summed E-state index contributed by atoms with van der Waals surface area (Å²) in [7, 11) is 0. The highest BCUT2D eigenvalue weighted by Crippen LogP contribution is 2.19. The smallest absolute Gasteiger partial charge is 0.244 e. The number of amides is 1. The number of nitrogens with zero attached hydrogens (tertiary/aromatic N) is 1. The number of hydrogen-bond donors (Lipinski definition) is 1. The van der Waals surface area contributed by atoms with Gasteiger partial charge in [-0.05, 0) is 59.7 Å². The summed E-state index contributed by atoms with van der Waals surface area (Å²) < 4.78 is 1.70. The number of nitrogens with one attached hydrogen (secondary N) is 1. The zero-order valence-electron chi connectivity index (χ0n) is 21.3. The Morgan fingerprint density at radius 2 is 1.50 bits per heavy atom. The van der Waals surface area contributed by atoms with E-state index in [1.165, 1.54) is 11.8 Å². The van der Waals surface area contributed by atoms with Crippen LogP contribution in [0.5, 0.6) is 0 Å². The van der Waals surface area contributed by atoms with Crippen LogP contribution in [-0.4, -0.2) is 16.3 Å². The maximum absolute atomic E-state index is 13.4. The Morgan fingerprint density at radius 3 is 2.11 bits per heavy atom. The minimum absolute atomic E-state index is 0.0246. The summed E-state index contributed by atoms with van der Waals surface area (Å²) in [6.45, 7) is 8.28. The second kappa shape index (κ2) is 10.7. The van der Waals surface area contributed by atoms with Gasteiger partial charge >= 0.3 is 0 Å². The summed E-state index contributed by atoms with van der Waals surface area (Å²) in [5, 5.41) is 3.37. The third-order valence-corrected chi connectivity index (χ3v) is 6.60. The van der Waals surface area contributed by atoms with Gasteiger partial charge in [-0.2, -0.15) is 0 Å². The largest absolute Gasteiger partial charge is 0.337 e. The van der Waals surface area contributed by atoms with Crippen LogP contribution in [0, 0.1) is 0 Å². The zero-order chi connectivity index (χ0) is 25.8. The van der Waals surface area contributed by atoms with Crippen LogP contribution in [0.3, 0.4) is 0 Å². The third kappa shape index (κ3) is 5.30. The first-order valence-electron chi connectivity index (χ1n) is 12.5. The molecule has 0 aliphatic rings. The van der Waals surface area contributed by atoms with Crippen molar-refractivity contribution in [3.63, 3.8) is 0 Å². The van der Waals surface area contributed by atoms with Gasteiger partial charge in [-0.15, -0.1) is 0 Å². The predicted molar refractivity (Wildman–Crippen MR) is 146 cm³/mol. The first-order valence-corrected chi connectivity index (χ1v) is 12.5. The summed E-state index contributed by atoms with van der Waals surface area (Å²) in [4.78, 5) is 39.8. The second-order valence-electron chi connectivity index (χ2n) is 9.41. The van der Waals surface area contributed by atoms with Crippen molar-refractivity contribution in [3.8, 4) is 0 Å². The number of carbonyl (C=O) groups is 2. The second-order valence-corrected chi connectivity index (χ2v) is 9.41. The van der Waals surface area contributed by atoms with Crippen molar-refractivity contribution >= 4 is 28.3 Å². The lowest BCUT2D eigenvalue weighted by Crippen LogP contribution is -2.24. The first-order chi connectivity index (χ1) is 17.3. The molecule has 0 aliphatic heterocycles. The molecule has 0 radical (unpaired) electrons. The number of anilines is 1. The van der Waals surface area contributed by atoms with Gasteiger partial charge in [0.15, 0.2) is 5.78 Å². The number of pyridine rings is 1. The fourth-order valence-electron chi connectivity index (χ4n) is 4.31. The Labute approximate surface area is 211 Å². The van der Waals surface area contributed by atoms with Gasteiger partial charge in [0.05, 0.1) is 11.1 Å². The fourth-order valence-corrected chi connectivity index (χ4v) is 4.31. The van der Waals surface area contributed by atoms with Gasteiger partial charge in [0.2, 0.25) is 11.3 Å². The predicted octanol–water partition coefficient (Wildman–Crippen LogP) is 6.12. The maximum atomic E-state index is 13.4. The molecule has 0 spiro atoms. The van der Waals surface area contributed by atoms with Gasteiger partial charge in [0.1, 0.15) is 6.54 Å². The monoisotopic (exact) mass is 480 g/mol. The van der Waals surface area contributed by atoms with Crippen LogP contribution in [0.1, 0.15) is 66.2 Å². The van der Waals surface area contributed by atoms with Gasteiger partial charge in [0.25, 0.3) is 0 Å². The molecule has 0 bridgehead atoms. The van der Waals surface area contributed by atoms with Crippen molar-refractivity contribution in [1.29, 1.82) is 0 Å². The van der Waals surface area contributed by atoms with Crippen molar-refractivity contribution in [1.82, 2.24) is 4.57 Å². The molecule has 0 saturated heterocycles.